The Labute approximate surface area is 101 Å². The third kappa shape index (κ3) is 3.15. The first kappa shape index (κ1) is 11.3. The van der Waals surface area contributed by atoms with E-state index < -0.39 is 0 Å². The van der Waals surface area contributed by atoms with Gasteiger partial charge in [0, 0.05) is 6.20 Å². The topological polar surface area (TPSA) is 86.9 Å². The van der Waals surface area contributed by atoms with Crippen LogP contribution in [0.25, 0.3) is 0 Å². The highest BCUT2D eigenvalue weighted by Crippen LogP contribution is 2.07. The van der Waals surface area contributed by atoms with Gasteiger partial charge in [-0.3, -0.25) is 14.7 Å². The van der Waals surface area contributed by atoms with Gasteiger partial charge in [0.15, 0.2) is 0 Å². The second-order valence-corrected chi connectivity index (χ2v) is 4.14. The van der Waals surface area contributed by atoms with Crippen LogP contribution in [0.3, 0.4) is 0 Å². The van der Waals surface area contributed by atoms with Crippen LogP contribution < -0.4 is 10.6 Å². The molecule has 0 saturated carbocycles. The van der Waals surface area contributed by atoms with Crippen molar-refractivity contribution in [1.82, 2.24) is 15.5 Å². The fraction of sp³-hybridized carbons (Fsp3) is 0.100. The minimum Gasteiger partial charge on any atom is -0.342 e. The smallest absolute Gasteiger partial charge is 0.261 e. The highest BCUT2D eigenvalue weighted by Gasteiger charge is 2.08. The number of rotatable bonds is 4. The zero-order valence-corrected chi connectivity index (χ0v) is 9.58. The summed E-state index contributed by atoms with van der Waals surface area (Å²) in [7, 11) is 0. The van der Waals surface area contributed by atoms with Crippen LogP contribution in [-0.4, -0.2) is 28.6 Å². The maximum atomic E-state index is 11.5. The Hall–Kier alpha value is -2.15. The van der Waals surface area contributed by atoms with Gasteiger partial charge in [0.25, 0.3) is 5.91 Å². The van der Waals surface area contributed by atoms with E-state index in [1.165, 1.54) is 17.5 Å². The molecule has 0 aliphatic rings. The van der Waals surface area contributed by atoms with E-state index >= 15 is 0 Å². The van der Waals surface area contributed by atoms with Crippen molar-refractivity contribution in [2.75, 3.05) is 11.9 Å². The second kappa shape index (κ2) is 5.26. The van der Waals surface area contributed by atoms with Crippen molar-refractivity contribution in [3.63, 3.8) is 0 Å². The number of carbonyl (C=O) groups is 2. The number of hydrogen-bond acceptors (Lipinski definition) is 4. The first-order valence-corrected chi connectivity index (χ1v) is 5.74. The second-order valence-electron chi connectivity index (χ2n) is 3.20. The molecule has 0 fully saturated rings. The lowest BCUT2D eigenvalue weighted by Crippen LogP contribution is -2.32. The molecule has 0 aliphatic carbocycles. The van der Waals surface area contributed by atoms with E-state index in [-0.39, 0.29) is 18.4 Å². The Balaban J connectivity index is 1.79. The molecule has 0 aliphatic heterocycles. The molecule has 17 heavy (non-hydrogen) atoms. The highest BCUT2D eigenvalue weighted by atomic mass is 32.1. The lowest BCUT2D eigenvalue weighted by Gasteiger charge is -2.03. The molecule has 0 unspecified atom stereocenters. The third-order valence-electron chi connectivity index (χ3n) is 1.94. The molecule has 0 radical (unpaired) electrons. The summed E-state index contributed by atoms with van der Waals surface area (Å²) in [6.45, 7) is -0.0675. The summed E-state index contributed by atoms with van der Waals surface area (Å²) < 4.78 is 0. The average Bonchev–Trinajstić information content (AvgIpc) is 2.97. The minimum absolute atomic E-state index is 0.0675. The first-order chi connectivity index (χ1) is 8.25. The molecule has 0 aromatic carbocycles. The Morgan fingerprint density at radius 1 is 1.47 bits per heavy atom. The van der Waals surface area contributed by atoms with E-state index in [1.54, 1.807) is 23.7 Å². The SMILES string of the molecule is O=C(CNC(=O)c1cccs1)Nc1cn[nH]c1. The summed E-state index contributed by atoms with van der Waals surface area (Å²) in [5.74, 6) is -0.543. The zero-order valence-electron chi connectivity index (χ0n) is 8.77. The maximum Gasteiger partial charge on any atom is 0.261 e. The quantitative estimate of drug-likeness (QED) is 0.751. The van der Waals surface area contributed by atoms with Gasteiger partial charge in [0.05, 0.1) is 23.3 Å². The Kier molecular flexibility index (Phi) is 3.51. The number of carbonyl (C=O) groups excluding carboxylic acids is 2. The molecule has 6 nitrogen and oxygen atoms in total. The number of aromatic amines is 1. The van der Waals surface area contributed by atoms with Crippen LogP contribution in [0.2, 0.25) is 0 Å². The van der Waals surface area contributed by atoms with Gasteiger partial charge < -0.3 is 10.6 Å². The number of nitrogens with one attached hydrogen (secondary N) is 3. The van der Waals surface area contributed by atoms with Crippen molar-refractivity contribution in [2.24, 2.45) is 0 Å². The molecular formula is C10H10N4O2S. The van der Waals surface area contributed by atoms with Gasteiger partial charge >= 0.3 is 0 Å². The number of hydrogen-bond donors (Lipinski definition) is 3. The molecular weight excluding hydrogens is 240 g/mol. The summed E-state index contributed by atoms with van der Waals surface area (Å²) in [5.41, 5.74) is 0.570. The standard InChI is InChI=1S/C10H10N4O2S/c15-9(14-7-4-12-13-5-7)6-11-10(16)8-2-1-3-17-8/h1-5H,6H2,(H,11,16)(H,12,13)(H,14,15). The number of nitrogens with zero attached hydrogens (tertiary/aromatic N) is 1. The van der Waals surface area contributed by atoms with Crippen LogP contribution in [0.1, 0.15) is 9.67 Å². The Morgan fingerprint density at radius 2 is 2.35 bits per heavy atom. The van der Waals surface area contributed by atoms with Crippen molar-refractivity contribution in [1.29, 1.82) is 0 Å². The van der Waals surface area contributed by atoms with E-state index in [2.05, 4.69) is 20.8 Å². The lowest BCUT2D eigenvalue weighted by atomic mass is 10.4. The number of thiophene rings is 1. The molecule has 7 heteroatoms. The maximum absolute atomic E-state index is 11.5. The van der Waals surface area contributed by atoms with Crippen LogP contribution in [0.5, 0.6) is 0 Å². The molecule has 2 amide bonds. The molecule has 0 saturated heterocycles. The average molecular weight is 250 g/mol. The van der Waals surface area contributed by atoms with Crippen LogP contribution in [-0.2, 0) is 4.79 Å². The van der Waals surface area contributed by atoms with Gasteiger partial charge in [0.1, 0.15) is 0 Å². The summed E-state index contributed by atoms with van der Waals surface area (Å²) >= 11 is 1.33. The van der Waals surface area contributed by atoms with Crippen molar-refractivity contribution < 1.29 is 9.59 Å². The summed E-state index contributed by atoms with van der Waals surface area (Å²) in [5, 5.41) is 13.2. The highest BCUT2D eigenvalue weighted by molar-refractivity contribution is 7.12. The van der Waals surface area contributed by atoms with Crippen molar-refractivity contribution in [2.45, 2.75) is 0 Å². The van der Waals surface area contributed by atoms with E-state index in [1.807, 2.05) is 0 Å². The third-order valence-corrected chi connectivity index (χ3v) is 2.81. The zero-order chi connectivity index (χ0) is 12.1. The van der Waals surface area contributed by atoms with E-state index in [0.717, 1.165) is 0 Å². The molecule has 0 bridgehead atoms. The molecule has 88 valence electrons. The van der Waals surface area contributed by atoms with Gasteiger partial charge in [0.2, 0.25) is 5.91 Å². The predicted octanol–water partition coefficient (Wildman–Crippen LogP) is 0.840. The van der Waals surface area contributed by atoms with Crippen molar-refractivity contribution in [3.8, 4) is 0 Å². The number of H-pyrrole nitrogens is 1. The normalized spacial score (nSPS) is 9.88. The van der Waals surface area contributed by atoms with Crippen molar-refractivity contribution >= 4 is 28.8 Å². The fourth-order valence-corrected chi connectivity index (χ4v) is 1.82. The molecule has 2 rings (SSSR count). The molecule has 0 atom stereocenters. The molecule has 3 N–H and O–H groups in total. The first-order valence-electron chi connectivity index (χ1n) is 4.86. The van der Waals surface area contributed by atoms with Crippen LogP contribution >= 0.6 is 11.3 Å². The van der Waals surface area contributed by atoms with Crippen LogP contribution in [0.4, 0.5) is 5.69 Å². The summed E-state index contributed by atoms with van der Waals surface area (Å²) in [6, 6.07) is 3.49. The number of anilines is 1. The molecule has 2 aromatic rings. The fourth-order valence-electron chi connectivity index (χ4n) is 1.18. The Bertz CT molecular complexity index is 492. The molecule has 2 aromatic heterocycles. The molecule has 2 heterocycles. The minimum atomic E-state index is -0.295. The lowest BCUT2D eigenvalue weighted by molar-refractivity contribution is -0.115. The van der Waals surface area contributed by atoms with Gasteiger partial charge in [-0.15, -0.1) is 11.3 Å². The van der Waals surface area contributed by atoms with Gasteiger partial charge in [-0.25, -0.2) is 0 Å². The van der Waals surface area contributed by atoms with Crippen LogP contribution in [0, 0.1) is 0 Å². The van der Waals surface area contributed by atoms with E-state index in [0.29, 0.717) is 10.6 Å². The number of aromatic nitrogens is 2. The summed E-state index contributed by atoms with van der Waals surface area (Å²) in [6.07, 6.45) is 3.04. The largest absolute Gasteiger partial charge is 0.342 e. The van der Waals surface area contributed by atoms with Gasteiger partial charge in [-0.2, -0.15) is 5.10 Å². The van der Waals surface area contributed by atoms with E-state index in [9.17, 15) is 9.59 Å². The monoisotopic (exact) mass is 250 g/mol. The van der Waals surface area contributed by atoms with Crippen LogP contribution in [0.15, 0.2) is 29.9 Å². The Morgan fingerprint density at radius 3 is 3.00 bits per heavy atom. The van der Waals surface area contributed by atoms with Gasteiger partial charge in [-0.1, -0.05) is 6.07 Å². The van der Waals surface area contributed by atoms with Gasteiger partial charge in [-0.05, 0) is 11.4 Å². The summed E-state index contributed by atoms with van der Waals surface area (Å²) in [4.78, 5) is 23.5. The number of amides is 2. The van der Waals surface area contributed by atoms with E-state index in [4.69, 9.17) is 0 Å². The molecule has 0 spiro atoms. The van der Waals surface area contributed by atoms with Crippen molar-refractivity contribution in [3.05, 3.63) is 34.8 Å². The predicted molar refractivity (Wildman–Crippen MR) is 63.9 cm³/mol.